The monoisotopic (exact) mass is 439 g/mol. The minimum Gasteiger partial charge on any atom is -0.331 e. The second kappa shape index (κ2) is 8.02. The lowest BCUT2D eigenvalue weighted by atomic mass is 9.59. The summed E-state index contributed by atoms with van der Waals surface area (Å²) in [6.07, 6.45) is 10.3. The quantitative estimate of drug-likeness (QED) is 0.680. The zero-order valence-electron chi connectivity index (χ0n) is 17.7. The van der Waals surface area contributed by atoms with E-state index in [1.807, 2.05) is 30.6 Å². The fourth-order valence-corrected chi connectivity index (χ4v) is 7.36. The van der Waals surface area contributed by atoms with Crippen LogP contribution >= 0.6 is 0 Å². The number of amides is 1. The van der Waals surface area contributed by atoms with Gasteiger partial charge in [0, 0.05) is 31.5 Å². The largest absolute Gasteiger partial charge is 0.331 e. The molecule has 1 aromatic heterocycles. The molecule has 1 aliphatic carbocycles. The van der Waals surface area contributed by atoms with Crippen LogP contribution in [-0.2, 0) is 14.8 Å². The summed E-state index contributed by atoms with van der Waals surface area (Å²) in [5, 5.41) is 0. The minimum absolute atomic E-state index is 0.0837. The molecule has 3 fully saturated rings. The molecule has 1 saturated carbocycles. The van der Waals surface area contributed by atoms with Gasteiger partial charge in [0.1, 0.15) is 0 Å². The van der Waals surface area contributed by atoms with Crippen LogP contribution in [0.3, 0.4) is 0 Å². The summed E-state index contributed by atoms with van der Waals surface area (Å²) < 4.78 is 27.5. The number of carbonyl (C=O) groups is 1. The summed E-state index contributed by atoms with van der Waals surface area (Å²) in [6, 6.07) is 12.9. The fourth-order valence-electron chi connectivity index (χ4n) is 5.87. The molecular weight excluding hydrogens is 410 g/mol. The van der Waals surface area contributed by atoms with Crippen molar-refractivity contribution < 1.29 is 13.2 Å². The molecule has 6 nitrogen and oxygen atoms in total. The van der Waals surface area contributed by atoms with Crippen molar-refractivity contribution in [1.29, 1.82) is 0 Å². The molecule has 2 aliphatic heterocycles. The van der Waals surface area contributed by atoms with Crippen LogP contribution in [0, 0.1) is 5.41 Å². The summed E-state index contributed by atoms with van der Waals surface area (Å²) in [4.78, 5) is 20.1. The molecule has 2 aromatic rings. The third-order valence-corrected chi connectivity index (χ3v) is 9.34. The zero-order chi connectivity index (χ0) is 21.5. The Morgan fingerprint density at radius 3 is 2.19 bits per heavy atom. The summed E-state index contributed by atoms with van der Waals surface area (Å²) in [7, 11) is -3.48. The molecule has 0 bridgehead atoms. The lowest BCUT2D eigenvalue weighted by molar-refractivity contribution is -0.186. The van der Waals surface area contributed by atoms with Crippen molar-refractivity contribution in [2.24, 2.45) is 5.41 Å². The highest BCUT2D eigenvalue weighted by atomic mass is 32.2. The first-order valence-corrected chi connectivity index (χ1v) is 12.8. The predicted molar refractivity (Wildman–Crippen MR) is 118 cm³/mol. The molecule has 164 valence electrons. The molecule has 31 heavy (non-hydrogen) atoms. The van der Waals surface area contributed by atoms with Crippen LogP contribution in [0.2, 0.25) is 0 Å². The van der Waals surface area contributed by atoms with E-state index in [1.165, 1.54) is 6.42 Å². The van der Waals surface area contributed by atoms with Gasteiger partial charge in [-0.15, -0.1) is 0 Å². The average molecular weight is 440 g/mol. The Balaban J connectivity index is 1.35. The second-order valence-electron chi connectivity index (χ2n) is 9.06. The molecule has 3 heterocycles. The van der Waals surface area contributed by atoms with Gasteiger partial charge < -0.3 is 4.90 Å². The number of piperidine rings is 1. The Hall–Kier alpha value is -2.25. The van der Waals surface area contributed by atoms with Crippen LogP contribution in [0.1, 0.15) is 56.6 Å². The predicted octanol–water partition coefficient (Wildman–Crippen LogP) is 3.77. The topological polar surface area (TPSA) is 70.6 Å². The van der Waals surface area contributed by atoms with Gasteiger partial charge in [0.2, 0.25) is 15.9 Å². The Bertz CT molecular complexity index is 1030. The van der Waals surface area contributed by atoms with Crippen LogP contribution < -0.4 is 0 Å². The molecule has 1 aromatic carbocycles. The van der Waals surface area contributed by atoms with E-state index >= 15 is 0 Å². The maximum atomic E-state index is 13.5. The number of carbonyl (C=O) groups excluding carboxylic acids is 1. The number of rotatable bonds is 4. The molecule has 3 aliphatic rings. The smallest absolute Gasteiger partial charge is 0.243 e. The number of nitrogens with zero attached hydrogens (tertiary/aromatic N) is 3. The van der Waals surface area contributed by atoms with E-state index in [0.717, 1.165) is 31.2 Å². The van der Waals surface area contributed by atoms with Gasteiger partial charge >= 0.3 is 0 Å². The first-order chi connectivity index (χ1) is 15.0. The molecule has 2 saturated heterocycles. The van der Waals surface area contributed by atoms with Gasteiger partial charge in [-0.2, -0.15) is 4.31 Å². The Labute approximate surface area is 184 Å². The standard InChI is InChI=1S/C24H29N3O3S/c28-23-24(13-5-2-6-14-24)22(19-9-15-25-16-10-19)27(23)20-11-17-26(18-12-20)31(29,30)21-7-3-1-4-8-21/h1,3-4,7-10,15-16,20,22H,2,5-6,11-14,17-18H2. The lowest BCUT2D eigenvalue weighted by Crippen LogP contribution is -2.67. The molecule has 7 heteroatoms. The Morgan fingerprint density at radius 1 is 0.903 bits per heavy atom. The average Bonchev–Trinajstić information content (AvgIpc) is 2.84. The van der Waals surface area contributed by atoms with Gasteiger partial charge in [0.25, 0.3) is 0 Å². The second-order valence-corrected chi connectivity index (χ2v) is 11.0. The molecule has 1 amide bonds. The third kappa shape index (κ3) is 3.38. The third-order valence-electron chi connectivity index (χ3n) is 7.43. The van der Waals surface area contributed by atoms with Crippen LogP contribution in [-0.4, -0.2) is 47.6 Å². The Kier molecular flexibility index (Phi) is 5.34. The van der Waals surface area contributed by atoms with Gasteiger partial charge in [-0.25, -0.2) is 8.42 Å². The van der Waals surface area contributed by atoms with Crippen molar-refractivity contribution >= 4 is 15.9 Å². The van der Waals surface area contributed by atoms with E-state index in [4.69, 9.17) is 0 Å². The van der Waals surface area contributed by atoms with Crippen molar-refractivity contribution in [1.82, 2.24) is 14.2 Å². The van der Waals surface area contributed by atoms with Gasteiger partial charge in [-0.05, 0) is 55.5 Å². The van der Waals surface area contributed by atoms with E-state index in [-0.39, 0.29) is 23.4 Å². The van der Waals surface area contributed by atoms with E-state index in [1.54, 1.807) is 28.6 Å². The fraction of sp³-hybridized carbons (Fsp3) is 0.500. The summed E-state index contributed by atoms with van der Waals surface area (Å²) in [5.41, 5.74) is 0.892. The van der Waals surface area contributed by atoms with E-state index in [0.29, 0.717) is 30.8 Å². The van der Waals surface area contributed by atoms with Crippen molar-refractivity contribution in [3.8, 4) is 0 Å². The van der Waals surface area contributed by atoms with Crippen LogP contribution in [0.5, 0.6) is 0 Å². The molecule has 1 atom stereocenters. The highest BCUT2D eigenvalue weighted by Gasteiger charge is 2.62. The normalized spacial score (nSPS) is 24.8. The van der Waals surface area contributed by atoms with E-state index in [9.17, 15) is 13.2 Å². The van der Waals surface area contributed by atoms with Crippen LogP contribution in [0.4, 0.5) is 0 Å². The molecule has 0 N–H and O–H groups in total. The number of β-lactam (4-membered cyclic amide) rings is 1. The number of sulfonamides is 1. The molecule has 1 spiro atoms. The van der Waals surface area contributed by atoms with Crippen LogP contribution in [0.25, 0.3) is 0 Å². The van der Waals surface area contributed by atoms with Crippen molar-refractivity contribution in [2.45, 2.75) is 61.9 Å². The highest BCUT2D eigenvalue weighted by Crippen LogP contribution is 2.59. The molecule has 0 radical (unpaired) electrons. The number of hydrogen-bond acceptors (Lipinski definition) is 4. The number of benzene rings is 1. The van der Waals surface area contributed by atoms with Gasteiger partial charge in [0.15, 0.2) is 0 Å². The maximum absolute atomic E-state index is 13.5. The van der Waals surface area contributed by atoms with Gasteiger partial charge in [-0.1, -0.05) is 37.5 Å². The molecular formula is C24H29N3O3S. The van der Waals surface area contributed by atoms with Crippen molar-refractivity contribution in [2.75, 3.05) is 13.1 Å². The van der Waals surface area contributed by atoms with E-state index in [2.05, 4.69) is 9.88 Å². The first-order valence-electron chi connectivity index (χ1n) is 11.3. The lowest BCUT2D eigenvalue weighted by Gasteiger charge is -2.61. The molecule has 1 unspecified atom stereocenters. The SMILES string of the molecule is O=C1N(C2CCN(S(=O)(=O)c3ccccc3)CC2)C(c2ccncc2)C12CCCCC2. The minimum atomic E-state index is -3.48. The zero-order valence-corrected chi connectivity index (χ0v) is 18.5. The highest BCUT2D eigenvalue weighted by molar-refractivity contribution is 7.89. The van der Waals surface area contributed by atoms with Gasteiger partial charge in [0.05, 0.1) is 16.4 Å². The van der Waals surface area contributed by atoms with E-state index < -0.39 is 10.0 Å². The van der Waals surface area contributed by atoms with Crippen LogP contribution in [0.15, 0.2) is 59.8 Å². The number of aromatic nitrogens is 1. The van der Waals surface area contributed by atoms with Crippen molar-refractivity contribution in [3.63, 3.8) is 0 Å². The number of likely N-dealkylation sites (tertiary alicyclic amines) is 1. The number of pyridine rings is 1. The van der Waals surface area contributed by atoms with Crippen molar-refractivity contribution in [3.05, 3.63) is 60.4 Å². The first kappa shape index (κ1) is 20.6. The maximum Gasteiger partial charge on any atom is 0.243 e. The molecule has 5 rings (SSSR count). The van der Waals surface area contributed by atoms with Gasteiger partial charge in [-0.3, -0.25) is 9.78 Å². The summed E-state index contributed by atoms with van der Waals surface area (Å²) >= 11 is 0. The summed E-state index contributed by atoms with van der Waals surface area (Å²) in [5.74, 6) is 0.276. The summed E-state index contributed by atoms with van der Waals surface area (Å²) in [6.45, 7) is 0.892. The number of hydrogen-bond donors (Lipinski definition) is 0. The Morgan fingerprint density at radius 2 is 1.55 bits per heavy atom.